The summed E-state index contributed by atoms with van der Waals surface area (Å²) < 4.78 is 1.05. The number of nitrogens with one attached hydrogen (secondary N) is 2. The number of amides is 2. The van der Waals surface area contributed by atoms with Gasteiger partial charge in [-0.05, 0) is 55.7 Å². The van der Waals surface area contributed by atoms with Gasteiger partial charge >= 0.3 is 0 Å². The monoisotopic (exact) mass is 432 g/mol. The summed E-state index contributed by atoms with van der Waals surface area (Å²) in [6, 6.07) is 12.4. The second-order valence-corrected chi connectivity index (χ2v) is 9.36. The Morgan fingerprint density at radius 3 is 2.90 bits per heavy atom. The first-order valence-electron chi connectivity index (χ1n) is 10.5. The first kappa shape index (κ1) is 19.8. The highest BCUT2D eigenvalue weighted by molar-refractivity contribution is 7.22. The molecule has 4 aromatic rings. The Hall–Kier alpha value is -3.19. The third-order valence-corrected chi connectivity index (χ3v) is 6.87. The van der Waals surface area contributed by atoms with Gasteiger partial charge in [0.25, 0.3) is 0 Å². The Morgan fingerprint density at radius 1 is 1.23 bits per heavy atom. The quantitative estimate of drug-likeness (QED) is 0.490. The minimum absolute atomic E-state index is 0.0381. The van der Waals surface area contributed by atoms with Crippen molar-refractivity contribution < 1.29 is 9.59 Å². The zero-order chi connectivity index (χ0) is 21.5. The van der Waals surface area contributed by atoms with E-state index in [-0.39, 0.29) is 24.2 Å². The maximum absolute atomic E-state index is 12.8. The van der Waals surface area contributed by atoms with Crippen molar-refractivity contribution in [2.75, 3.05) is 18.4 Å². The molecular formula is C24H24N4O2S. The molecule has 0 saturated carbocycles. The van der Waals surface area contributed by atoms with Gasteiger partial charge in [-0.25, -0.2) is 4.98 Å². The van der Waals surface area contributed by atoms with E-state index in [1.54, 1.807) is 4.90 Å². The zero-order valence-electron chi connectivity index (χ0n) is 17.6. The second kappa shape index (κ2) is 7.81. The largest absolute Gasteiger partial charge is 0.361 e. The van der Waals surface area contributed by atoms with Gasteiger partial charge in [-0.1, -0.05) is 29.0 Å². The number of hydrogen-bond donors (Lipinski definition) is 2. The van der Waals surface area contributed by atoms with E-state index in [1.807, 2.05) is 25.3 Å². The van der Waals surface area contributed by atoms with Crippen LogP contribution in [0, 0.1) is 19.8 Å². The van der Waals surface area contributed by atoms with Gasteiger partial charge in [-0.2, -0.15) is 0 Å². The standard InChI is InChI=1S/C24H24N4O2S/c1-14-3-5-19-18(9-14)16(12-25-19)7-8-28-13-17(11-22(28)29)23(30)27-24-26-20-6-4-15(2)10-21(20)31-24/h3-6,9-10,12,17,25H,7-8,11,13H2,1-2H3,(H,26,27,30)/t17-/m1/s1. The molecule has 1 aliphatic heterocycles. The van der Waals surface area contributed by atoms with E-state index in [2.05, 4.69) is 46.5 Å². The fraction of sp³-hybridized carbons (Fsp3) is 0.292. The van der Waals surface area contributed by atoms with Gasteiger partial charge in [0, 0.05) is 36.6 Å². The molecule has 7 heteroatoms. The van der Waals surface area contributed by atoms with E-state index in [0.717, 1.165) is 27.7 Å². The molecule has 1 aliphatic rings. The SMILES string of the molecule is Cc1ccc2nc(NC(=O)[C@@H]3CC(=O)N(CCc4c[nH]c5ccc(C)cc45)C3)sc2c1. The fourth-order valence-corrected chi connectivity index (χ4v) is 5.18. The lowest BCUT2D eigenvalue weighted by molar-refractivity contribution is -0.128. The summed E-state index contributed by atoms with van der Waals surface area (Å²) in [4.78, 5) is 34.9. The van der Waals surface area contributed by atoms with Crippen molar-refractivity contribution in [3.05, 3.63) is 59.3 Å². The van der Waals surface area contributed by atoms with Crippen molar-refractivity contribution in [1.82, 2.24) is 14.9 Å². The number of H-pyrrole nitrogens is 1. The van der Waals surface area contributed by atoms with Crippen LogP contribution in [0.1, 0.15) is 23.1 Å². The summed E-state index contributed by atoms with van der Waals surface area (Å²) in [7, 11) is 0. The predicted molar refractivity (Wildman–Crippen MR) is 124 cm³/mol. The first-order valence-corrected chi connectivity index (χ1v) is 11.3. The number of thiazole rings is 1. The van der Waals surface area contributed by atoms with Gasteiger partial charge in [-0.3, -0.25) is 9.59 Å². The van der Waals surface area contributed by atoms with Crippen molar-refractivity contribution in [2.45, 2.75) is 26.7 Å². The number of benzene rings is 2. The van der Waals surface area contributed by atoms with Crippen LogP contribution >= 0.6 is 11.3 Å². The molecule has 5 rings (SSSR count). The topological polar surface area (TPSA) is 78.1 Å². The van der Waals surface area contributed by atoms with Crippen LogP contribution in [0.15, 0.2) is 42.6 Å². The molecule has 0 unspecified atom stereocenters. The van der Waals surface area contributed by atoms with Gasteiger partial charge in [0.05, 0.1) is 16.1 Å². The van der Waals surface area contributed by atoms with Crippen LogP contribution in [-0.4, -0.2) is 39.8 Å². The Morgan fingerprint density at radius 2 is 2.03 bits per heavy atom. The van der Waals surface area contributed by atoms with Gasteiger partial charge < -0.3 is 15.2 Å². The summed E-state index contributed by atoms with van der Waals surface area (Å²) >= 11 is 1.47. The van der Waals surface area contributed by atoms with Crippen molar-refractivity contribution in [2.24, 2.45) is 5.92 Å². The molecule has 0 bridgehead atoms. The summed E-state index contributed by atoms with van der Waals surface area (Å²) in [6.07, 6.45) is 3.03. The lowest BCUT2D eigenvalue weighted by Gasteiger charge is -2.16. The Balaban J connectivity index is 1.22. The highest BCUT2D eigenvalue weighted by Crippen LogP contribution is 2.28. The van der Waals surface area contributed by atoms with Crippen molar-refractivity contribution in [3.8, 4) is 0 Å². The van der Waals surface area contributed by atoms with Gasteiger partial charge in [0.15, 0.2) is 5.13 Å². The third-order valence-electron chi connectivity index (χ3n) is 5.93. The second-order valence-electron chi connectivity index (χ2n) is 8.33. The molecule has 31 heavy (non-hydrogen) atoms. The summed E-state index contributed by atoms with van der Waals surface area (Å²) in [6.45, 7) is 5.18. The molecule has 3 heterocycles. The third kappa shape index (κ3) is 3.93. The van der Waals surface area contributed by atoms with Crippen LogP contribution in [0.5, 0.6) is 0 Å². The highest BCUT2D eigenvalue weighted by atomic mass is 32.1. The molecule has 2 N–H and O–H groups in total. The van der Waals surface area contributed by atoms with Crippen molar-refractivity contribution in [3.63, 3.8) is 0 Å². The zero-order valence-corrected chi connectivity index (χ0v) is 18.4. The Kier molecular flexibility index (Phi) is 4.98. The molecule has 0 radical (unpaired) electrons. The molecule has 1 atom stereocenters. The molecule has 1 fully saturated rings. The average Bonchev–Trinajstić information content (AvgIpc) is 3.42. The number of nitrogens with zero attached hydrogens (tertiary/aromatic N) is 2. The lowest BCUT2D eigenvalue weighted by Crippen LogP contribution is -2.29. The number of fused-ring (bicyclic) bond motifs is 2. The molecule has 0 aliphatic carbocycles. The highest BCUT2D eigenvalue weighted by Gasteiger charge is 2.34. The van der Waals surface area contributed by atoms with E-state index >= 15 is 0 Å². The van der Waals surface area contributed by atoms with Crippen LogP contribution in [0.3, 0.4) is 0 Å². The molecule has 158 valence electrons. The van der Waals surface area contributed by atoms with Crippen molar-refractivity contribution in [1.29, 1.82) is 0 Å². The number of aromatic nitrogens is 2. The van der Waals surface area contributed by atoms with E-state index < -0.39 is 0 Å². The molecule has 6 nitrogen and oxygen atoms in total. The average molecular weight is 433 g/mol. The van der Waals surface area contributed by atoms with E-state index in [0.29, 0.717) is 18.2 Å². The number of carbonyl (C=O) groups is 2. The number of rotatable bonds is 5. The Bertz CT molecular complexity index is 1310. The molecule has 0 spiro atoms. The smallest absolute Gasteiger partial charge is 0.231 e. The normalized spacial score (nSPS) is 16.5. The number of hydrogen-bond acceptors (Lipinski definition) is 4. The number of likely N-dealkylation sites (tertiary alicyclic amines) is 1. The van der Waals surface area contributed by atoms with E-state index in [9.17, 15) is 9.59 Å². The first-order chi connectivity index (χ1) is 15.0. The maximum Gasteiger partial charge on any atom is 0.231 e. The fourth-order valence-electron chi connectivity index (χ4n) is 4.21. The van der Waals surface area contributed by atoms with E-state index in [4.69, 9.17) is 0 Å². The van der Waals surface area contributed by atoms with Gasteiger partial charge in [-0.15, -0.1) is 0 Å². The van der Waals surface area contributed by atoms with Crippen molar-refractivity contribution >= 4 is 49.4 Å². The Labute approximate surface area is 184 Å². The van der Waals surface area contributed by atoms with Crippen LogP contribution in [0.25, 0.3) is 21.1 Å². The lowest BCUT2D eigenvalue weighted by atomic mass is 10.1. The molecule has 2 aromatic carbocycles. The number of aromatic amines is 1. The van der Waals surface area contributed by atoms with Gasteiger partial charge in [0.2, 0.25) is 11.8 Å². The number of aryl methyl sites for hydroxylation is 2. The van der Waals surface area contributed by atoms with Gasteiger partial charge in [0.1, 0.15) is 0 Å². The summed E-state index contributed by atoms with van der Waals surface area (Å²) in [5.74, 6) is -0.433. The van der Waals surface area contributed by atoms with E-state index in [1.165, 1.54) is 27.8 Å². The summed E-state index contributed by atoms with van der Waals surface area (Å²) in [5, 5.41) is 4.71. The minimum atomic E-state index is -0.341. The van der Waals surface area contributed by atoms with Crippen LogP contribution in [0.2, 0.25) is 0 Å². The maximum atomic E-state index is 12.8. The van der Waals surface area contributed by atoms with Crippen LogP contribution in [0.4, 0.5) is 5.13 Å². The predicted octanol–water partition coefficient (Wildman–Crippen LogP) is 4.42. The minimum Gasteiger partial charge on any atom is -0.361 e. The molecule has 2 amide bonds. The molecular weight excluding hydrogens is 408 g/mol. The molecule has 2 aromatic heterocycles. The summed E-state index contributed by atoms with van der Waals surface area (Å²) in [5.41, 5.74) is 5.56. The van der Waals surface area contributed by atoms with Crippen LogP contribution in [-0.2, 0) is 16.0 Å². The molecule has 1 saturated heterocycles. The number of anilines is 1. The van der Waals surface area contributed by atoms with Crippen LogP contribution < -0.4 is 5.32 Å². The number of carbonyl (C=O) groups excluding carboxylic acids is 2.